The zero-order valence-electron chi connectivity index (χ0n) is 43.9. The Morgan fingerprint density at radius 1 is 0.470 bits per heavy atom. The smallest absolute Gasteiger partial charge is 0.462 e. The molecule has 0 aliphatic heterocycles. The maximum Gasteiger partial charge on any atom is 0.472 e. The van der Waals surface area contributed by atoms with E-state index in [1.54, 1.807) is 0 Å². The lowest BCUT2D eigenvalue weighted by Crippen LogP contribution is -2.37. The molecule has 2 unspecified atom stereocenters. The normalized spacial score (nSPS) is 13.6. The molecule has 0 aromatic carbocycles. The number of rotatable bonds is 51. The molecule has 10 heteroatoms. The van der Waals surface area contributed by atoms with E-state index in [0.717, 1.165) is 51.4 Å². The number of nitrogens with zero attached hydrogens (tertiary/aromatic N) is 1. The summed E-state index contributed by atoms with van der Waals surface area (Å²) in [6.07, 6.45) is 57.7. The molecule has 388 valence electrons. The van der Waals surface area contributed by atoms with Gasteiger partial charge in [0.2, 0.25) is 0 Å². The number of hydrogen-bond donors (Lipinski definition) is 1. The molecule has 0 aliphatic rings. The summed E-state index contributed by atoms with van der Waals surface area (Å²) in [5, 5.41) is 0. The fourth-order valence-electron chi connectivity index (χ4n) is 7.85. The van der Waals surface area contributed by atoms with Gasteiger partial charge in [0, 0.05) is 12.8 Å². The van der Waals surface area contributed by atoms with Crippen LogP contribution in [0.25, 0.3) is 0 Å². The van der Waals surface area contributed by atoms with Crippen molar-refractivity contribution in [2.24, 2.45) is 0 Å². The first kappa shape index (κ1) is 64.2. The van der Waals surface area contributed by atoms with Crippen LogP contribution in [0.1, 0.15) is 258 Å². The molecule has 1 N–H and O–H groups in total. The molecule has 0 amide bonds. The van der Waals surface area contributed by atoms with Gasteiger partial charge in [-0.3, -0.25) is 18.6 Å². The molecule has 0 heterocycles. The van der Waals surface area contributed by atoms with Crippen molar-refractivity contribution in [1.29, 1.82) is 0 Å². The molecule has 2 atom stereocenters. The first-order chi connectivity index (χ1) is 32.0. The number of carbonyl (C=O) groups is 2. The van der Waals surface area contributed by atoms with Crippen LogP contribution in [0.15, 0.2) is 36.5 Å². The summed E-state index contributed by atoms with van der Waals surface area (Å²) >= 11 is 0. The number of quaternary nitrogens is 1. The van der Waals surface area contributed by atoms with Crippen molar-refractivity contribution in [2.45, 2.75) is 264 Å². The van der Waals surface area contributed by atoms with Gasteiger partial charge in [-0.1, -0.05) is 230 Å². The summed E-state index contributed by atoms with van der Waals surface area (Å²) in [4.78, 5) is 35.6. The third kappa shape index (κ3) is 51.6. The van der Waals surface area contributed by atoms with Crippen LogP contribution in [0, 0.1) is 0 Å². The van der Waals surface area contributed by atoms with Crippen LogP contribution in [-0.4, -0.2) is 74.9 Å². The molecule has 0 saturated carbocycles. The molecular formula is C56H107NO8P+. The molecule has 0 saturated heterocycles. The lowest BCUT2D eigenvalue weighted by atomic mass is 10.0. The molecule has 0 aromatic rings. The van der Waals surface area contributed by atoms with E-state index in [0.29, 0.717) is 23.9 Å². The molecule has 0 spiro atoms. The zero-order chi connectivity index (χ0) is 48.5. The molecule has 9 nitrogen and oxygen atoms in total. The topological polar surface area (TPSA) is 108 Å². The highest BCUT2D eigenvalue weighted by Crippen LogP contribution is 2.43. The molecule has 66 heavy (non-hydrogen) atoms. The van der Waals surface area contributed by atoms with Crippen molar-refractivity contribution in [3.8, 4) is 0 Å². The molecule has 0 rings (SSSR count). The van der Waals surface area contributed by atoms with Gasteiger partial charge in [-0.15, -0.1) is 0 Å². The number of likely N-dealkylation sites (N-methyl/N-ethyl adjacent to an activating group) is 1. The van der Waals surface area contributed by atoms with E-state index in [2.05, 4.69) is 50.3 Å². The number of phosphoric ester groups is 1. The second-order valence-electron chi connectivity index (χ2n) is 20.0. The largest absolute Gasteiger partial charge is 0.472 e. The number of ether oxygens (including phenoxy) is 2. The average molecular weight is 953 g/mol. The van der Waals surface area contributed by atoms with Crippen LogP contribution in [0.2, 0.25) is 0 Å². The monoisotopic (exact) mass is 953 g/mol. The van der Waals surface area contributed by atoms with Crippen molar-refractivity contribution in [1.82, 2.24) is 0 Å². The van der Waals surface area contributed by atoms with Crippen molar-refractivity contribution in [3.05, 3.63) is 36.5 Å². The molecule has 0 radical (unpaired) electrons. The number of esters is 2. The zero-order valence-corrected chi connectivity index (χ0v) is 44.8. The highest BCUT2D eigenvalue weighted by Gasteiger charge is 2.27. The highest BCUT2D eigenvalue weighted by atomic mass is 31.2. The summed E-state index contributed by atoms with van der Waals surface area (Å²) in [5.74, 6) is -0.790. The number of hydrogen-bond acceptors (Lipinski definition) is 7. The van der Waals surface area contributed by atoms with Crippen LogP contribution >= 0.6 is 7.82 Å². The Kier molecular flexibility index (Phi) is 47.0. The Balaban J connectivity index is 4.18. The minimum absolute atomic E-state index is 0.0322. The van der Waals surface area contributed by atoms with Crippen LogP contribution in [0.5, 0.6) is 0 Å². The standard InChI is InChI=1S/C56H106NO8P/c1-6-8-10-12-14-16-18-20-22-24-25-26-27-28-29-30-31-33-35-37-39-41-43-45-47-49-56(59)65-54(53-64-66(60,61)63-51-50-57(3,4)5)52-62-55(58)48-46-44-42-40-38-36-34-32-23-21-19-17-15-13-11-9-7-2/h18,20,24-25,27-28,54H,6-17,19,21-23,26,29-53H2,1-5H3/p+1/b20-18-,25-24-,28-27-. The van der Waals surface area contributed by atoms with E-state index in [4.69, 9.17) is 18.5 Å². The molecule has 0 bridgehead atoms. The van der Waals surface area contributed by atoms with Gasteiger partial charge in [-0.2, -0.15) is 0 Å². The molecule has 0 fully saturated rings. The minimum atomic E-state index is -4.38. The van der Waals surface area contributed by atoms with Crippen molar-refractivity contribution >= 4 is 19.8 Å². The second-order valence-corrected chi connectivity index (χ2v) is 21.4. The number of phosphoric acid groups is 1. The Labute approximate surface area is 408 Å². The summed E-state index contributed by atoms with van der Waals surface area (Å²) in [6.45, 7) is 4.45. The van der Waals surface area contributed by atoms with Gasteiger partial charge in [0.1, 0.15) is 19.8 Å². The number of allylic oxidation sites excluding steroid dienone is 6. The van der Waals surface area contributed by atoms with Gasteiger partial charge < -0.3 is 18.9 Å². The van der Waals surface area contributed by atoms with Gasteiger partial charge in [0.25, 0.3) is 0 Å². The summed E-state index contributed by atoms with van der Waals surface area (Å²) < 4.78 is 34.5. The van der Waals surface area contributed by atoms with Crippen molar-refractivity contribution < 1.29 is 42.1 Å². The number of carbonyl (C=O) groups excluding carboxylic acids is 2. The van der Waals surface area contributed by atoms with E-state index in [1.165, 1.54) is 173 Å². The Bertz CT molecular complexity index is 1210. The van der Waals surface area contributed by atoms with Gasteiger partial charge in [-0.05, 0) is 51.4 Å². The predicted octanol–water partition coefficient (Wildman–Crippen LogP) is 16.8. The van der Waals surface area contributed by atoms with Gasteiger partial charge in [0.15, 0.2) is 6.10 Å². The Morgan fingerprint density at radius 3 is 1.21 bits per heavy atom. The van der Waals surface area contributed by atoms with Crippen LogP contribution in [-0.2, 0) is 32.7 Å². The Morgan fingerprint density at radius 2 is 0.818 bits per heavy atom. The molecule has 0 aliphatic carbocycles. The summed E-state index contributed by atoms with van der Waals surface area (Å²) in [7, 11) is 1.48. The minimum Gasteiger partial charge on any atom is -0.462 e. The van der Waals surface area contributed by atoms with Crippen LogP contribution < -0.4 is 0 Å². The lowest BCUT2D eigenvalue weighted by molar-refractivity contribution is -0.870. The van der Waals surface area contributed by atoms with E-state index in [1.807, 2.05) is 21.1 Å². The fraction of sp³-hybridized carbons (Fsp3) is 0.857. The lowest BCUT2D eigenvalue weighted by Gasteiger charge is -2.24. The predicted molar refractivity (Wildman–Crippen MR) is 280 cm³/mol. The van der Waals surface area contributed by atoms with E-state index < -0.39 is 26.5 Å². The third-order valence-corrected chi connectivity index (χ3v) is 13.2. The summed E-state index contributed by atoms with van der Waals surface area (Å²) in [6, 6.07) is 0. The fourth-order valence-corrected chi connectivity index (χ4v) is 8.59. The van der Waals surface area contributed by atoms with E-state index in [9.17, 15) is 19.0 Å². The van der Waals surface area contributed by atoms with E-state index in [-0.39, 0.29) is 25.6 Å². The first-order valence-electron chi connectivity index (χ1n) is 27.7. The second kappa shape index (κ2) is 48.3. The van der Waals surface area contributed by atoms with Gasteiger partial charge in [-0.25, -0.2) is 4.57 Å². The van der Waals surface area contributed by atoms with Crippen molar-refractivity contribution in [2.75, 3.05) is 47.5 Å². The number of unbranched alkanes of at least 4 members (excludes halogenated alkanes) is 31. The first-order valence-corrected chi connectivity index (χ1v) is 29.2. The third-order valence-electron chi connectivity index (χ3n) is 12.2. The quantitative estimate of drug-likeness (QED) is 0.0211. The maximum absolute atomic E-state index is 12.8. The average Bonchev–Trinajstić information content (AvgIpc) is 3.27. The van der Waals surface area contributed by atoms with E-state index >= 15 is 0 Å². The van der Waals surface area contributed by atoms with Crippen molar-refractivity contribution in [3.63, 3.8) is 0 Å². The van der Waals surface area contributed by atoms with Gasteiger partial charge in [0.05, 0.1) is 27.7 Å². The van der Waals surface area contributed by atoms with Gasteiger partial charge >= 0.3 is 19.8 Å². The highest BCUT2D eigenvalue weighted by molar-refractivity contribution is 7.47. The molecule has 0 aromatic heterocycles. The molecular weight excluding hydrogens is 846 g/mol. The summed E-state index contributed by atoms with van der Waals surface area (Å²) in [5.41, 5.74) is 0. The van der Waals surface area contributed by atoms with Crippen LogP contribution in [0.4, 0.5) is 0 Å². The maximum atomic E-state index is 12.8. The SMILES string of the molecule is CCCCCCC/C=C\C/C=C\C/C=C\CCCCCCCCCCCCC(=O)OC(COC(=O)CCCCCCCCCCCCCCCCCCC)COP(=O)(O)OCC[N+](C)(C)C. The Hall–Kier alpha value is -1.77. The van der Waals surface area contributed by atoms with Crippen LogP contribution in [0.3, 0.4) is 0 Å².